The minimum atomic E-state index is -0.220. The number of unbranched alkanes of at least 4 members (excludes halogenated alkanes) is 1. The first-order valence-corrected chi connectivity index (χ1v) is 10.2. The largest absolute Gasteiger partial charge is 0.356 e. The Morgan fingerprint density at radius 3 is 2.30 bits per heavy atom. The second-order valence-corrected chi connectivity index (χ2v) is 7.26. The van der Waals surface area contributed by atoms with Gasteiger partial charge in [0, 0.05) is 26.7 Å². The second kappa shape index (κ2) is 10.0. The number of carbonyl (C=O) groups excluding carboxylic acids is 2. The van der Waals surface area contributed by atoms with E-state index in [1.54, 1.807) is 31.3 Å². The zero-order chi connectivity index (χ0) is 21.5. The topological polar surface area (TPSA) is 73.8 Å². The van der Waals surface area contributed by atoms with Crippen molar-refractivity contribution in [3.05, 3.63) is 70.5 Å². The first kappa shape index (κ1) is 21.5. The van der Waals surface area contributed by atoms with Gasteiger partial charge in [0.05, 0.1) is 11.1 Å². The van der Waals surface area contributed by atoms with E-state index in [4.69, 9.17) is 0 Å². The van der Waals surface area contributed by atoms with Gasteiger partial charge in [0.15, 0.2) is 5.96 Å². The van der Waals surface area contributed by atoms with Crippen LogP contribution in [0.3, 0.4) is 0 Å². The Morgan fingerprint density at radius 2 is 1.67 bits per heavy atom. The number of hydrogen-bond acceptors (Lipinski definition) is 3. The summed E-state index contributed by atoms with van der Waals surface area (Å²) in [6.45, 7) is 3.67. The Hall–Kier alpha value is -3.22. The van der Waals surface area contributed by atoms with Crippen LogP contribution in [-0.2, 0) is 6.42 Å². The fourth-order valence-electron chi connectivity index (χ4n) is 3.52. The molecule has 0 fully saturated rings. The lowest BCUT2D eigenvalue weighted by Crippen LogP contribution is -2.39. The summed E-state index contributed by atoms with van der Waals surface area (Å²) in [6.07, 6.45) is 2.28. The van der Waals surface area contributed by atoms with Gasteiger partial charge in [0.2, 0.25) is 0 Å². The van der Waals surface area contributed by atoms with Gasteiger partial charge < -0.3 is 10.6 Å². The Labute approximate surface area is 176 Å². The van der Waals surface area contributed by atoms with Gasteiger partial charge in [-0.25, -0.2) is 4.39 Å². The van der Waals surface area contributed by atoms with Crippen LogP contribution in [0.15, 0.2) is 47.5 Å². The lowest BCUT2D eigenvalue weighted by atomic mass is 10.1. The Balaban J connectivity index is 1.35. The van der Waals surface area contributed by atoms with Gasteiger partial charge in [0.1, 0.15) is 5.82 Å². The van der Waals surface area contributed by atoms with Gasteiger partial charge in [0.25, 0.3) is 11.8 Å². The van der Waals surface area contributed by atoms with Crippen molar-refractivity contribution in [2.45, 2.75) is 26.2 Å². The van der Waals surface area contributed by atoms with E-state index >= 15 is 0 Å². The normalized spacial score (nSPS) is 13.6. The third-order valence-electron chi connectivity index (χ3n) is 5.19. The van der Waals surface area contributed by atoms with Gasteiger partial charge >= 0.3 is 0 Å². The highest BCUT2D eigenvalue weighted by molar-refractivity contribution is 6.21. The van der Waals surface area contributed by atoms with Gasteiger partial charge in [-0.3, -0.25) is 19.5 Å². The average Bonchev–Trinajstić information content (AvgIpc) is 2.98. The highest BCUT2D eigenvalue weighted by Gasteiger charge is 2.34. The van der Waals surface area contributed by atoms with Crippen LogP contribution in [0.25, 0.3) is 0 Å². The number of rotatable bonds is 8. The molecule has 2 N–H and O–H groups in total. The number of aryl methyl sites for hydroxylation is 1. The van der Waals surface area contributed by atoms with Crippen molar-refractivity contribution in [3.63, 3.8) is 0 Å². The third-order valence-corrected chi connectivity index (χ3v) is 5.19. The molecule has 0 saturated carbocycles. The zero-order valence-corrected chi connectivity index (χ0v) is 17.4. The van der Waals surface area contributed by atoms with E-state index in [-0.39, 0.29) is 17.6 Å². The fourth-order valence-corrected chi connectivity index (χ4v) is 3.52. The van der Waals surface area contributed by atoms with Crippen LogP contribution in [0.2, 0.25) is 0 Å². The SMILES string of the molecule is CN=C(NCCCCN1C(=O)c2ccccc2C1=O)NCCc1ccc(F)cc1C. The number of nitrogens with one attached hydrogen (secondary N) is 2. The number of guanidine groups is 1. The monoisotopic (exact) mass is 410 g/mol. The summed E-state index contributed by atoms with van der Waals surface area (Å²) in [5, 5.41) is 6.48. The Bertz CT molecular complexity index is 923. The Kier molecular flexibility index (Phi) is 7.17. The number of fused-ring (bicyclic) bond motifs is 1. The highest BCUT2D eigenvalue weighted by atomic mass is 19.1. The average molecular weight is 410 g/mol. The molecule has 0 aromatic heterocycles. The van der Waals surface area contributed by atoms with Crippen molar-refractivity contribution in [2.75, 3.05) is 26.7 Å². The molecule has 0 radical (unpaired) electrons. The number of halogens is 1. The molecule has 0 bridgehead atoms. The van der Waals surface area contributed by atoms with E-state index in [0.717, 1.165) is 24.0 Å². The van der Waals surface area contributed by atoms with E-state index in [0.29, 0.717) is 43.1 Å². The summed E-state index contributed by atoms with van der Waals surface area (Å²) in [5.41, 5.74) is 3.01. The van der Waals surface area contributed by atoms with Crippen molar-refractivity contribution in [1.82, 2.24) is 15.5 Å². The molecule has 1 aliphatic heterocycles. The molecule has 0 unspecified atom stereocenters. The number of aliphatic imine (C=N–C) groups is 1. The summed E-state index contributed by atoms with van der Waals surface area (Å²) in [5.74, 6) is 0.0487. The fraction of sp³-hybridized carbons (Fsp3) is 0.348. The molecule has 6 nitrogen and oxygen atoms in total. The molecule has 0 spiro atoms. The summed E-state index contributed by atoms with van der Waals surface area (Å²) in [7, 11) is 1.71. The van der Waals surface area contributed by atoms with Gasteiger partial charge in [-0.15, -0.1) is 0 Å². The van der Waals surface area contributed by atoms with Crippen LogP contribution >= 0.6 is 0 Å². The maximum atomic E-state index is 13.2. The first-order chi connectivity index (χ1) is 14.5. The number of amides is 2. The molecule has 2 aromatic rings. The lowest BCUT2D eigenvalue weighted by Gasteiger charge is -2.15. The quantitative estimate of drug-likeness (QED) is 0.304. The number of nitrogens with zero attached hydrogens (tertiary/aromatic N) is 2. The molecule has 0 aliphatic carbocycles. The van der Waals surface area contributed by atoms with Gasteiger partial charge in [-0.1, -0.05) is 18.2 Å². The molecule has 2 amide bonds. The van der Waals surface area contributed by atoms with Gasteiger partial charge in [-0.05, 0) is 61.6 Å². The van der Waals surface area contributed by atoms with E-state index in [1.165, 1.54) is 17.0 Å². The smallest absolute Gasteiger partial charge is 0.261 e. The summed E-state index contributed by atoms with van der Waals surface area (Å²) in [4.78, 5) is 30.2. The standard InChI is InChI=1S/C23H27FN4O2/c1-16-15-18(24)10-9-17(16)11-13-27-23(25-2)26-12-5-6-14-28-21(29)19-7-3-4-8-20(19)22(28)30/h3-4,7-10,15H,5-6,11-14H2,1-2H3,(H2,25,26,27). The number of benzene rings is 2. The predicted molar refractivity (Wildman–Crippen MR) is 115 cm³/mol. The minimum Gasteiger partial charge on any atom is -0.356 e. The molecule has 158 valence electrons. The number of imide groups is 1. The van der Waals surface area contributed by atoms with Crippen LogP contribution in [0.1, 0.15) is 44.7 Å². The van der Waals surface area contributed by atoms with Gasteiger partial charge in [-0.2, -0.15) is 0 Å². The van der Waals surface area contributed by atoms with E-state index in [9.17, 15) is 14.0 Å². The minimum absolute atomic E-state index is 0.211. The molecule has 1 aliphatic rings. The van der Waals surface area contributed by atoms with Crippen LogP contribution in [0.5, 0.6) is 0 Å². The Morgan fingerprint density at radius 1 is 1.00 bits per heavy atom. The van der Waals surface area contributed by atoms with Crippen LogP contribution in [0.4, 0.5) is 4.39 Å². The van der Waals surface area contributed by atoms with Crippen LogP contribution in [-0.4, -0.2) is 49.4 Å². The van der Waals surface area contributed by atoms with Crippen LogP contribution in [0, 0.1) is 12.7 Å². The molecular formula is C23H27FN4O2. The molecule has 30 heavy (non-hydrogen) atoms. The highest BCUT2D eigenvalue weighted by Crippen LogP contribution is 2.22. The summed E-state index contributed by atoms with van der Waals surface area (Å²) < 4.78 is 13.2. The molecule has 0 saturated heterocycles. The van der Waals surface area contributed by atoms with Crippen molar-refractivity contribution >= 4 is 17.8 Å². The molecule has 1 heterocycles. The number of hydrogen-bond donors (Lipinski definition) is 2. The molecule has 2 aromatic carbocycles. The van der Waals surface area contributed by atoms with E-state index < -0.39 is 0 Å². The molecule has 0 atom stereocenters. The summed E-state index contributed by atoms with van der Waals surface area (Å²) >= 11 is 0. The van der Waals surface area contributed by atoms with Crippen molar-refractivity contribution in [2.24, 2.45) is 4.99 Å². The maximum Gasteiger partial charge on any atom is 0.261 e. The molecule has 7 heteroatoms. The summed E-state index contributed by atoms with van der Waals surface area (Å²) in [6, 6.07) is 11.8. The third kappa shape index (κ3) is 5.03. The number of carbonyl (C=O) groups is 2. The van der Waals surface area contributed by atoms with Crippen molar-refractivity contribution in [3.8, 4) is 0 Å². The molecular weight excluding hydrogens is 383 g/mol. The predicted octanol–water partition coefficient (Wildman–Crippen LogP) is 2.92. The first-order valence-electron chi connectivity index (χ1n) is 10.2. The van der Waals surface area contributed by atoms with E-state index in [1.807, 2.05) is 13.0 Å². The van der Waals surface area contributed by atoms with Crippen molar-refractivity contribution < 1.29 is 14.0 Å². The van der Waals surface area contributed by atoms with E-state index in [2.05, 4.69) is 15.6 Å². The van der Waals surface area contributed by atoms with Crippen LogP contribution < -0.4 is 10.6 Å². The zero-order valence-electron chi connectivity index (χ0n) is 17.4. The maximum absolute atomic E-state index is 13.2. The van der Waals surface area contributed by atoms with Crippen molar-refractivity contribution in [1.29, 1.82) is 0 Å². The second-order valence-electron chi connectivity index (χ2n) is 7.26. The molecule has 3 rings (SSSR count). The lowest BCUT2D eigenvalue weighted by molar-refractivity contribution is 0.0652.